The minimum absolute atomic E-state index is 0.0621. The van der Waals surface area contributed by atoms with Crippen LogP contribution in [0.15, 0.2) is 92.4 Å². The number of pyridine rings is 1. The van der Waals surface area contributed by atoms with Gasteiger partial charge in [-0.3, -0.25) is 4.90 Å². The molecular weight excluding hydrogens is 629 g/mol. The summed E-state index contributed by atoms with van der Waals surface area (Å²) >= 11 is 3.65. The van der Waals surface area contributed by atoms with Crippen molar-refractivity contribution in [1.29, 1.82) is 0 Å². The fraction of sp³-hybridized carbons (Fsp3) is 0.378. The molecule has 2 saturated heterocycles. The predicted octanol–water partition coefficient (Wildman–Crippen LogP) is 7.31. The molecular formula is C37H42N4O4S2. The second-order valence-corrected chi connectivity index (χ2v) is 14.8. The van der Waals surface area contributed by atoms with Gasteiger partial charge in [-0.1, -0.05) is 47.8 Å². The van der Waals surface area contributed by atoms with Crippen molar-refractivity contribution in [2.24, 2.45) is 0 Å². The van der Waals surface area contributed by atoms with Gasteiger partial charge >= 0.3 is 0 Å². The van der Waals surface area contributed by atoms with Crippen molar-refractivity contribution >= 4 is 34.9 Å². The van der Waals surface area contributed by atoms with Gasteiger partial charge < -0.3 is 29.2 Å². The molecule has 0 aliphatic carbocycles. The molecule has 8 nitrogen and oxygen atoms in total. The first-order valence-electron chi connectivity index (χ1n) is 16.2. The van der Waals surface area contributed by atoms with E-state index >= 15 is 0 Å². The summed E-state index contributed by atoms with van der Waals surface area (Å²) < 4.78 is 22.8. The number of methoxy groups -OCH3 is 1. The Morgan fingerprint density at radius 1 is 0.830 bits per heavy atom. The van der Waals surface area contributed by atoms with E-state index in [1.807, 2.05) is 47.8 Å². The van der Waals surface area contributed by atoms with Gasteiger partial charge in [0.05, 0.1) is 39.2 Å². The van der Waals surface area contributed by atoms with Crippen molar-refractivity contribution in [2.75, 3.05) is 76.5 Å². The van der Waals surface area contributed by atoms with Gasteiger partial charge in [-0.15, -0.1) is 0 Å². The average Bonchev–Trinajstić information content (AvgIpc) is 3.10. The number of nitrogens with zero attached hydrogens (tertiary/aromatic N) is 3. The number of hydrogen-bond acceptors (Lipinski definition) is 10. The van der Waals surface area contributed by atoms with Crippen LogP contribution in [-0.4, -0.2) is 81.7 Å². The summed E-state index contributed by atoms with van der Waals surface area (Å²) in [5.74, 6) is 1.44. The van der Waals surface area contributed by atoms with E-state index in [0.29, 0.717) is 25.7 Å². The van der Waals surface area contributed by atoms with Gasteiger partial charge in [-0.25, -0.2) is 4.98 Å². The van der Waals surface area contributed by atoms with Crippen LogP contribution >= 0.6 is 23.5 Å². The SMILES string of the molecule is COc1ccc(COc2cc(N3CCOCC3)cc(-c3cccc4c3Sc3ccc(NC(C)(C)CN5CCOCC5)cc3S4)n2)cc1. The third kappa shape index (κ3) is 7.84. The van der Waals surface area contributed by atoms with Crippen LogP contribution in [0.5, 0.6) is 11.6 Å². The number of ether oxygens (including phenoxy) is 4. The Labute approximate surface area is 286 Å². The number of nitrogens with one attached hydrogen (secondary N) is 1. The quantitative estimate of drug-likeness (QED) is 0.164. The Morgan fingerprint density at radius 2 is 1.60 bits per heavy atom. The Morgan fingerprint density at radius 3 is 2.36 bits per heavy atom. The number of benzene rings is 3. The lowest BCUT2D eigenvalue weighted by atomic mass is 10.0. The Hall–Kier alpha value is -3.41. The lowest BCUT2D eigenvalue weighted by Crippen LogP contribution is -2.48. The van der Waals surface area contributed by atoms with E-state index < -0.39 is 0 Å². The Kier molecular flexibility index (Phi) is 9.83. The lowest BCUT2D eigenvalue weighted by Gasteiger charge is -2.36. The minimum Gasteiger partial charge on any atom is -0.497 e. The number of morpholine rings is 2. The highest BCUT2D eigenvalue weighted by molar-refractivity contribution is 8.05. The minimum atomic E-state index is -0.0621. The van der Waals surface area contributed by atoms with Gasteiger partial charge in [0, 0.05) is 80.8 Å². The topological polar surface area (TPSA) is 68.3 Å². The largest absolute Gasteiger partial charge is 0.497 e. The molecule has 47 heavy (non-hydrogen) atoms. The molecule has 0 spiro atoms. The van der Waals surface area contributed by atoms with Crippen LogP contribution in [0.25, 0.3) is 11.3 Å². The fourth-order valence-corrected chi connectivity index (χ4v) is 8.62. The number of hydrogen-bond donors (Lipinski definition) is 1. The van der Waals surface area contributed by atoms with Crippen LogP contribution in [0.4, 0.5) is 11.4 Å². The highest BCUT2D eigenvalue weighted by atomic mass is 32.2. The molecule has 3 aliphatic rings. The number of aromatic nitrogens is 1. The van der Waals surface area contributed by atoms with Crippen LogP contribution in [0.1, 0.15) is 19.4 Å². The monoisotopic (exact) mass is 670 g/mol. The third-order valence-corrected chi connectivity index (χ3v) is 11.1. The summed E-state index contributed by atoms with van der Waals surface area (Å²) in [6.45, 7) is 12.7. The molecule has 0 atom stereocenters. The van der Waals surface area contributed by atoms with Gasteiger partial charge in [0.1, 0.15) is 12.4 Å². The molecule has 4 heterocycles. The normalized spacial score (nSPS) is 16.7. The maximum atomic E-state index is 6.32. The van der Waals surface area contributed by atoms with Crippen LogP contribution in [0.3, 0.4) is 0 Å². The fourth-order valence-electron chi connectivity index (χ4n) is 6.22. The van der Waals surface area contributed by atoms with Crippen molar-refractivity contribution in [3.05, 3.63) is 78.4 Å². The van der Waals surface area contributed by atoms with E-state index in [1.54, 1.807) is 7.11 Å². The van der Waals surface area contributed by atoms with Crippen molar-refractivity contribution in [1.82, 2.24) is 9.88 Å². The van der Waals surface area contributed by atoms with E-state index in [-0.39, 0.29) is 5.54 Å². The van der Waals surface area contributed by atoms with Gasteiger partial charge in [0.2, 0.25) is 5.88 Å². The maximum absolute atomic E-state index is 6.32. The standard InChI is InChI=1S/C37H42N4O4S2/c1-37(2,25-40-13-17-43-18-14-40)39-27-9-12-32-34(21-27)46-33-6-4-5-30(36(33)47-32)31-22-28(41-15-19-44-20-16-41)23-35(38-31)45-24-26-7-10-29(42-3)11-8-26/h4-12,21-23,39H,13-20,24-25H2,1-3H3. The van der Waals surface area contributed by atoms with E-state index in [1.165, 1.54) is 19.6 Å². The van der Waals surface area contributed by atoms with Crippen molar-refractivity contribution < 1.29 is 18.9 Å². The predicted molar refractivity (Wildman–Crippen MR) is 190 cm³/mol. The Bertz CT molecular complexity index is 1690. The second kappa shape index (κ2) is 14.4. The van der Waals surface area contributed by atoms with Crippen molar-refractivity contribution in [3.8, 4) is 22.9 Å². The molecule has 0 saturated carbocycles. The lowest BCUT2D eigenvalue weighted by molar-refractivity contribution is 0.0317. The van der Waals surface area contributed by atoms with Gasteiger partial charge in [0.25, 0.3) is 0 Å². The van der Waals surface area contributed by atoms with Gasteiger partial charge in [0.15, 0.2) is 0 Å². The summed E-state index contributed by atoms with van der Waals surface area (Å²) in [6.07, 6.45) is 0. The summed E-state index contributed by atoms with van der Waals surface area (Å²) in [7, 11) is 1.68. The van der Waals surface area contributed by atoms with Crippen LogP contribution in [-0.2, 0) is 16.1 Å². The summed E-state index contributed by atoms with van der Waals surface area (Å²) in [6, 6.07) is 25.5. The van der Waals surface area contributed by atoms with E-state index in [0.717, 1.165) is 79.9 Å². The van der Waals surface area contributed by atoms with Crippen LogP contribution in [0, 0.1) is 0 Å². The molecule has 246 valence electrons. The molecule has 1 N–H and O–H groups in total. The summed E-state index contributed by atoms with van der Waals surface area (Å²) in [5.41, 5.74) is 5.27. The van der Waals surface area contributed by atoms with E-state index in [2.05, 4.69) is 77.5 Å². The number of anilines is 2. The highest BCUT2D eigenvalue weighted by Crippen LogP contribution is 2.52. The third-order valence-electron chi connectivity index (χ3n) is 8.54. The van der Waals surface area contributed by atoms with Crippen molar-refractivity contribution in [2.45, 2.75) is 45.6 Å². The molecule has 4 aromatic rings. The molecule has 3 aliphatic heterocycles. The second-order valence-electron chi connectivity index (χ2n) is 12.7. The molecule has 1 aromatic heterocycles. The first-order chi connectivity index (χ1) is 22.9. The van der Waals surface area contributed by atoms with Crippen LogP contribution in [0.2, 0.25) is 0 Å². The summed E-state index contributed by atoms with van der Waals surface area (Å²) in [5, 5.41) is 3.80. The average molecular weight is 671 g/mol. The van der Waals surface area contributed by atoms with Crippen molar-refractivity contribution in [3.63, 3.8) is 0 Å². The van der Waals surface area contributed by atoms with Gasteiger partial charge in [-0.2, -0.15) is 0 Å². The number of fused-ring (bicyclic) bond motifs is 2. The molecule has 0 radical (unpaired) electrons. The molecule has 10 heteroatoms. The summed E-state index contributed by atoms with van der Waals surface area (Å²) in [4.78, 5) is 14.9. The zero-order valence-corrected chi connectivity index (χ0v) is 28.9. The van der Waals surface area contributed by atoms with Gasteiger partial charge in [-0.05, 0) is 61.9 Å². The first kappa shape index (κ1) is 32.2. The van der Waals surface area contributed by atoms with Crippen LogP contribution < -0.4 is 19.7 Å². The molecule has 2 fully saturated rings. The zero-order valence-electron chi connectivity index (χ0n) is 27.3. The number of rotatable bonds is 10. The zero-order chi connectivity index (χ0) is 32.2. The van der Waals surface area contributed by atoms with E-state index in [4.69, 9.17) is 23.9 Å². The van der Waals surface area contributed by atoms with E-state index in [9.17, 15) is 0 Å². The maximum Gasteiger partial charge on any atom is 0.216 e. The Balaban J connectivity index is 1.13. The highest BCUT2D eigenvalue weighted by Gasteiger charge is 2.26. The molecule has 0 amide bonds. The molecule has 0 unspecified atom stereocenters. The smallest absolute Gasteiger partial charge is 0.216 e. The molecule has 0 bridgehead atoms. The first-order valence-corrected chi connectivity index (χ1v) is 17.9. The molecule has 3 aromatic carbocycles. The molecule has 7 rings (SSSR count).